The van der Waals surface area contributed by atoms with Crippen molar-refractivity contribution in [3.05, 3.63) is 72.7 Å². The summed E-state index contributed by atoms with van der Waals surface area (Å²) in [5, 5.41) is 10.1. The van der Waals surface area contributed by atoms with E-state index in [-0.39, 0.29) is 10.6 Å². The maximum Gasteiger partial charge on any atom is 0.269 e. The van der Waals surface area contributed by atoms with Gasteiger partial charge in [0.1, 0.15) is 0 Å². The molecule has 8 nitrogen and oxygen atoms in total. The minimum atomic E-state index is -3.88. The molecule has 1 amide bonds. The van der Waals surface area contributed by atoms with Crippen LogP contribution in [0.2, 0.25) is 0 Å². The van der Waals surface area contributed by atoms with Crippen molar-refractivity contribution in [3.8, 4) is 16.8 Å². The van der Waals surface area contributed by atoms with Crippen molar-refractivity contribution >= 4 is 26.8 Å². The van der Waals surface area contributed by atoms with Gasteiger partial charge in [-0.3, -0.25) is 9.78 Å². The van der Waals surface area contributed by atoms with E-state index in [1.54, 1.807) is 36.7 Å². The molecule has 28 heavy (non-hydrogen) atoms. The van der Waals surface area contributed by atoms with E-state index in [0.29, 0.717) is 16.6 Å². The number of nitrogens with two attached hydrogens (primary N) is 2. The zero-order chi connectivity index (χ0) is 19.9. The molecule has 4 rings (SSSR count). The molecule has 0 aliphatic heterocycles. The van der Waals surface area contributed by atoms with E-state index in [1.165, 1.54) is 16.8 Å². The molecule has 2 aromatic heterocycles. The number of benzene rings is 2. The van der Waals surface area contributed by atoms with Gasteiger partial charge in [0.15, 0.2) is 5.69 Å². The van der Waals surface area contributed by atoms with Gasteiger partial charge in [-0.15, -0.1) is 0 Å². The molecule has 2 heterocycles. The standard InChI is InChI=1S/C19H15N5O3S/c20-19(25)18-16-9-12(13-3-2-8-22-11-13)6-7-17(16)24(23-18)14-4-1-5-15(10-14)28(21,26)27/h1-11H,(H2,20,25)(H2,21,26,27). The van der Waals surface area contributed by atoms with Crippen LogP contribution in [0.1, 0.15) is 10.5 Å². The van der Waals surface area contributed by atoms with Gasteiger partial charge in [0.2, 0.25) is 10.0 Å². The average Bonchev–Trinajstić information content (AvgIpc) is 3.07. The highest BCUT2D eigenvalue weighted by molar-refractivity contribution is 7.89. The number of sulfonamides is 1. The zero-order valence-electron chi connectivity index (χ0n) is 14.5. The van der Waals surface area contributed by atoms with Crippen LogP contribution < -0.4 is 10.9 Å². The molecule has 0 aliphatic rings. The lowest BCUT2D eigenvalue weighted by Gasteiger charge is -2.06. The Kier molecular flexibility index (Phi) is 4.17. The molecular weight excluding hydrogens is 378 g/mol. The highest BCUT2D eigenvalue weighted by Gasteiger charge is 2.18. The molecule has 0 unspecified atom stereocenters. The smallest absolute Gasteiger partial charge is 0.269 e. The van der Waals surface area contributed by atoms with Crippen molar-refractivity contribution in [1.29, 1.82) is 0 Å². The van der Waals surface area contributed by atoms with Gasteiger partial charge in [0.25, 0.3) is 5.91 Å². The number of aromatic nitrogens is 3. The van der Waals surface area contributed by atoms with Gasteiger partial charge in [-0.05, 0) is 42.0 Å². The summed E-state index contributed by atoms with van der Waals surface area (Å²) in [6, 6.07) is 15.2. The van der Waals surface area contributed by atoms with E-state index in [1.807, 2.05) is 18.2 Å². The van der Waals surface area contributed by atoms with Gasteiger partial charge in [-0.2, -0.15) is 5.10 Å². The largest absolute Gasteiger partial charge is 0.364 e. The molecule has 0 aliphatic carbocycles. The number of hydrogen-bond acceptors (Lipinski definition) is 5. The van der Waals surface area contributed by atoms with E-state index in [0.717, 1.165) is 11.1 Å². The number of nitrogens with zero attached hydrogens (tertiary/aromatic N) is 3. The number of fused-ring (bicyclic) bond motifs is 1. The number of amides is 1. The molecule has 9 heteroatoms. The maximum atomic E-state index is 12.0. The fraction of sp³-hybridized carbons (Fsp3) is 0. The summed E-state index contributed by atoms with van der Waals surface area (Å²) in [5.41, 5.74) is 8.38. The monoisotopic (exact) mass is 393 g/mol. The third kappa shape index (κ3) is 3.13. The molecule has 0 saturated heterocycles. The molecule has 140 valence electrons. The molecule has 0 spiro atoms. The van der Waals surface area contributed by atoms with Crippen LogP contribution in [0.25, 0.3) is 27.7 Å². The first-order valence-electron chi connectivity index (χ1n) is 8.21. The lowest BCUT2D eigenvalue weighted by atomic mass is 10.0. The van der Waals surface area contributed by atoms with Crippen LogP contribution in [0.15, 0.2) is 71.9 Å². The second-order valence-corrected chi connectivity index (χ2v) is 7.70. The molecular formula is C19H15N5O3S. The number of primary sulfonamides is 1. The van der Waals surface area contributed by atoms with Gasteiger partial charge >= 0.3 is 0 Å². The van der Waals surface area contributed by atoms with E-state index in [2.05, 4.69) is 10.1 Å². The Bertz CT molecular complexity index is 1310. The first-order valence-corrected chi connectivity index (χ1v) is 9.75. The van der Waals surface area contributed by atoms with E-state index in [4.69, 9.17) is 10.9 Å². The van der Waals surface area contributed by atoms with Crippen LogP contribution in [0.5, 0.6) is 0 Å². The van der Waals surface area contributed by atoms with Crippen LogP contribution in [0.4, 0.5) is 0 Å². The number of hydrogen-bond donors (Lipinski definition) is 2. The van der Waals surface area contributed by atoms with Crippen molar-refractivity contribution in [2.75, 3.05) is 0 Å². The Labute approximate surface area is 160 Å². The fourth-order valence-electron chi connectivity index (χ4n) is 3.00. The molecule has 0 atom stereocenters. The van der Waals surface area contributed by atoms with Crippen LogP contribution in [-0.2, 0) is 10.0 Å². The lowest BCUT2D eigenvalue weighted by Crippen LogP contribution is -2.13. The van der Waals surface area contributed by atoms with Crippen molar-refractivity contribution < 1.29 is 13.2 Å². The Morgan fingerprint density at radius 1 is 1.00 bits per heavy atom. The number of primary amides is 1. The highest BCUT2D eigenvalue weighted by Crippen LogP contribution is 2.28. The van der Waals surface area contributed by atoms with E-state index in [9.17, 15) is 13.2 Å². The molecule has 4 aromatic rings. The minimum absolute atomic E-state index is 0.0544. The highest BCUT2D eigenvalue weighted by atomic mass is 32.2. The molecule has 0 bridgehead atoms. The summed E-state index contributed by atoms with van der Waals surface area (Å²) in [7, 11) is -3.88. The zero-order valence-corrected chi connectivity index (χ0v) is 15.3. The van der Waals surface area contributed by atoms with Gasteiger partial charge < -0.3 is 5.73 Å². The SMILES string of the molecule is NC(=O)c1nn(-c2cccc(S(N)(=O)=O)c2)c2ccc(-c3cccnc3)cc12. The summed E-state index contributed by atoms with van der Waals surface area (Å²) in [5.74, 6) is -0.685. The molecule has 0 saturated carbocycles. The van der Waals surface area contributed by atoms with Crippen molar-refractivity contribution in [3.63, 3.8) is 0 Å². The normalized spacial score (nSPS) is 11.6. The quantitative estimate of drug-likeness (QED) is 0.545. The molecule has 2 aromatic carbocycles. The van der Waals surface area contributed by atoms with Crippen LogP contribution in [-0.4, -0.2) is 29.1 Å². The van der Waals surface area contributed by atoms with E-state index < -0.39 is 15.9 Å². The minimum Gasteiger partial charge on any atom is -0.364 e. The third-order valence-corrected chi connectivity index (χ3v) is 5.21. The van der Waals surface area contributed by atoms with Gasteiger partial charge in [0.05, 0.1) is 16.1 Å². The van der Waals surface area contributed by atoms with Crippen LogP contribution >= 0.6 is 0 Å². The third-order valence-electron chi connectivity index (χ3n) is 4.30. The summed E-state index contributed by atoms with van der Waals surface area (Å²) in [6.45, 7) is 0. The van der Waals surface area contributed by atoms with Crippen molar-refractivity contribution in [2.24, 2.45) is 10.9 Å². The van der Waals surface area contributed by atoms with Gasteiger partial charge in [-0.25, -0.2) is 18.2 Å². The molecule has 0 fully saturated rings. The number of carbonyl (C=O) groups is 1. The summed E-state index contributed by atoms with van der Waals surface area (Å²) in [6.07, 6.45) is 3.39. The summed E-state index contributed by atoms with van der Waals surface area (Å²) in [4.78, 5) is 16.0. The first kappa shape index (κ1) is 17.8. The second-order valence-electron chi connectivity index (χ2n) is 6.14. The Morgan fingerprint density at radius 2 is 1.82 bits per heavy atom. The van der Waals surface area contributed by atoms with Crippen molar-refractivity contribution in [1.82, 2.24) is 14.8 Å². The molecule has 0 radical (unpaired) electrons. The van der Waals surface area contributed by atoms with Crippen LogP contribution in [0.3, 0.4) is 0 Å². The average molecular weight is 393 g/mol. The fourth-order valence-corrected chi connectivity index (χ4v) is 3.56. The van der Waals surface area contributed by atoms with Gasteiger partial charge in [0, 0.05) is 23.3 Å². The van der Waals surface area contributed by atoms with Gasteiger partial charge in [-0.1, -0.05) is 18.2 Å². The second kappa shape index (κ2) is 6.55. The Morgan fingerprint density at radius 3 is 2.50 bits per heavy atom. The van der Waals surface area contributed by atoms with Crippen LogP contribution in [0, 0.1) is 0 Å². The summed E-state index contributed by atoms with van der Waals surface area (Å²) < 4.78 is 24.8. The number of rotatable bonds is 4. The van der Waals surface area contributed by atoms with Crippen molar-refractivity contribution in [2.45, 2.75) is 4.90 Å². The number of carbonyl (C=O) groups excluding carboxylic acids is 1. The summed E-state index contributed by atoms with van der Waals surface area (Å²) >= 11 is 0. The predicted octanol–water partition coefficient (Wildman–Crippen LogP) is 1.83. The first-order chi connectivity index (χ1) is 13.3. The Balaban J connectivity index is 1.95. The molecule has 4 N–H and O–H groups in total. The topological polar surface area (TPSA) is 134 Å². The predicted molar refractivity (Wildman–Crippen MR) is 104 cm³/mol. The maximum absolute atomic E-state index is 12.0. The van der Waals surface area contributed by atoms with E-state index >= 15 is 0 Å². The lowest BCUT2D eigenvalue weighted by molar-refractivity contribution is 0.0996. The Hall–Kier alpha value is -3.56. The number of pyridine rings is 1.